The smallest absolute Gasteiger partial charge is 0.243 e. The van der Waals surface area contributed by atoms with Crippen molar-refractivity contribution in [1.29, 1.82) is 0 Å². The van der Waals surface area contributed by atoms with Gasteiger partial charge in [-0.3, -0.25) is 0 Å². The quantitative estimate of drug-likeness (QED) is 0.840. The Morgan fingerprint density at radius 2 is 1.95 bits per heavy atom. The Labute approximate surface area is 125 Å². The first-order valence-corrected chi connectivity index (χ1v) is 8.29. The number of nitrogens with two attached hydrogens (primary N) is 1. The number of hydrogen-bond donors (Lipinski definition) is 1. The Bertz CT molecular complexity index is 681. The Kier molecular flexibility index (Phi) is 4.67. The van der Waals surface area contributed by atoms with Crippen LogP contribution in [0.3, 0.4) is 0 Å². The van der Waals surface area contributed by atoms with Crippen LogP contribution in [0.2, 0.25) is 0 Å². The van der Waals surface area contributed by atoms with E-state index < -0.39 is 15.8 Å². The maximum Gasteiger partial charge on any atom is 0.243 e. The second kappa shape index (κ2) is 6.14. The van der Waals surface area contributed by atoms with Crippen LogP contribution in [-0.2, 0) is 10.0 Å². The van der Waals surface area contributed by atoms with Gasteiger partial charge in [-0.25, -0.2) is 12.8 Å². The van der Waals surface area contributed by atoms with Gasteiger partial charge in [0.15, 0.2) is 0 Å². The van der Waals surface area contributed by atoms with Gasteiger partial charge < -0.3 is 5.73 Å². The zero-order chi connectivity index (χ0) is 15.6. The summed E-state index contributed by atoms with van der Waals surface area (Å²) < 4.78 is 40.3. The van der Waals surface area contributed by atoms with Crippen molar-refractivity contribution < 1.29 is 12.8 Å². The van der Waals surface area contributed by atoms with Crippen LogP contribution in [0.25, 0.3) is 0 Å². The predicted octanol–water partition coefficient (Wildman–Crippen LogP) is 1.41. The molecule has 1 fully saturated rings. The lowest BCUT2D eigenvalue weighted by molar-refractivity contribution is 0.462. The van der Waals surface area contributed by atoms with Crippen molar-refractivity contribution in [3.8, 4) is 11.8 Å². The van der Waals surface area contributed by atoms with Crippen molar-refractivity contribution in [3.63, 3.8) is 0 Å². The SMILES string of the molecule is CC1CN(S(=O)(=O)c2ccc(C#CCN)c(F)c2)CC1C. The summed E-state index contributed by atoms with van der Waals surface area (Å²) in [5.41, 5.74) is 5.39. The van der Waals surface area contributed by atoms with E-state index in [4.69, 9.17) is 5.73 Å². The van der Waals surface area contributed by atoms with Crippen molar-refractivity contribution in [2.24, 2.45) is 17.6 Å². The summed E-state index contributed by atoms with van der Waals surface area (Å²) in [4.78, 5) is -0.0281. The molecular formula is C15H19FN2O2S. The first kappa shape index (κ1) is 16.0. The summed E-state index contributed by atoms with van der Waals surface area (Å²) in [6, 6.07) is 3.81. The van der Waals surface area contributed by atoms with Gasteiger partial charge in [-0.2, -0.15) is 4.31 Å². The van der Waals surface area contributed by atoms with E-state index in [0.29, 0.717) is 24.9 Å². The van der Waals surface area contributed by atoms with Crippen LogP contribution in [0.15, 0.2) is 23.1 Å². The lowest BCUT2D eigenvalue weighted by Gasteiger charge is -2.16. The molecule has 1 aromatic carbocycles. The Morgan fingerprint density at radius 3 is 2.48 bits per heavy atom. The normalized spacial score (nSPS) is 22.9. The van der Waals surface area contributed by atoms with Gasteiger partial charge in [-0.15, -0.1) is 0 Å². The first-order valence-electron chi connectivity index (χ1n) is 6.85. The summed E-state index contributed by atoms with van der Waals surface area (Å²) in [7, 11) is -3.64. The van der Waals surface area contributed by atoms with Gasteiger partial charge in [0.2, 0.25) is 10.0 Å². The fourth-order valence-corrected chi connectivity index (χ4v) is 3.98. The van der Waals surface area contributed by atoms with Gasteiger partial charge in [-0.05, 0) is 30.0 Å². The molecule has 4 nitrogen and oxygen atoms in total. The van der Waals surface area contributed by atoms with Gasteiger partial charge >= 0.3 is 0 Å². The Morgan fingerprint density at radius 1 is 1.33 bits per heavy atom. The molecule has 2 unspecified atom stereocenters. The van der Waals surface area contributed by atoms with Crippen LogP contribution in [0.5, 0.6) is 0 Å². The molecule has 1 aliphatic heterocycles. The van der Waals surface area contributed by atoms with Crippen molar-refractivity contribution >= 4 is 10.0 Å². The summed E-state index contributed by atoms with van der Waals surface area (Å²) in [5.74, 6) is 5.09. The molecule has 1 aliphatic rings. The summed E-state index contributed by atoms with van der Waals surface area (Å²) in [6.07, 6.45) is 0. The number of nitrogens with zero attached hydrogens (tertiary/aromatic N) is 1. The van der Waals surface area contributed by atoms with Crippen LogP contribution in [-0.4, -0.2) is 32.4 Å². The highest BCUT2D eigenvalue weighted by atomic mass is 32.2. The number of benzene rings is 1. The van der Waals surface area contributed by atoms with Gasteiger partial charge in [0, 0.05) is 13.1 Å². The first-order chi connectivity index (χ1) is 9.86. The van der Waals surface area contributed by atoms with Crippen LogP contribution in [0, 0.1) is 29.5 Å². The Hall–Kier alpha value is -1.42. The minimum atomic E-state index is -3.64. The molecule has 0 radical (unpaired) electrons. The van der Waals surface area contributed by atoms with Crippen molar-refractivity contribution in [1.82, 2.24) is 4.31 Å². The molecule has 1 aromatic rings. The van der Waals surface area contributed by atoms with E-state index in [1.54, 1.807) is 0 Å². The van der Waals surface area contributed by atoms with E-state index in [0.717, 1.165) is 6.07 Å². The molecule has 2 atom stereocenters. The third-order valence-electron chi connectivity index (χ3n) is 3.86. The second-order valence-electron chi connectivity index (χ2n) is 5.42. The molecule has 0 aromatic heterocycles. The Balaban J connectivity index is 2.31. The van der Waals surface area contributed by atoms with E-state index in [1.807, 2.05) is 13.8 Å². The van der Waals surface area contributed by atoms with Gasteiger partial charge in [0.25, 0.3) is 0 Å². The lowest BCUT2D eigenvalue weighted by Crippen LogP contribution is -2.29. The standard InChI is InChI=1S/C15H19FN2O2S/c1-11-9-18(10-12(11)2)21(19,20)14-6-5-13(4-3-7-17)15(16)8-14/h5-6,8,11-12H,7,9-10,17H2,1-2H3. The average Bonchev–Trinajstić information content (AvgIpc) is 2.78. The molecule has 0 spiro atoms. The zero-order valence-corrected chi connectivity index (χ0v) is 13.0. The number of rotatable bonds is 2. The van der Waals surface area contributed by atoms with E-state index >= 15 is 0 Å². The molecular weight excluding hydrogens is 291 g/mol. The highest BCUT2D eigenvalue weighted by Gasteiger charge is 2.35. The molecule has 21 heavy (non-hydrogen) atoms. The minimum Gasteiger partial charge on any atom is -0.320 e. The van der Waals surface area contributed by atoms with Gasteiger partial charge in [0.1, 0.15) is 5.82 Å². The van der Waals surface area contributed by atoms with E-state index in [9.17, 15) is 12.8 Å². The average molecular weight is 310 g/mol. The molecule has 2 N–H and O–H groups in total. The molecule has 0 bridgehead atoms. The van der Waals surface area contributed by atoms with E-state index in [-0.39, 0.29) is 17.0 Å². The molecule has 114 valence electrons. The third kappa shape index (κ3) is 3.26. The summed E-state index contributed by atoms with van der Waals surface area (Å²) in [5, 5.41) is 0. The van der Waals surface area contributed by atoms with E-state index in [1.165, 1.54) is 16.4 Å². The summed E-state index contributed by atoms with van der Waals surface area (Å²) >= 11 is 0. The van der Waals surface area contributed by atoms with Gasteiger partial charge in [-0.1, -0.05) is 25.7 Å². The number of hydrogen-bond acceptors (Lipinski definition) is 3. The van der Waals surface area contributed by atoms with Crippen LogP contribution in [0.4, 0.5) is 4.39 Å². The zero-order valence-electron chi connectivity index (χ0n) is 12.1. The van der Waals surface area contributed by atoms with Crippen LogP contribution < -0.4 is 5.73 Å². The molecule has 2 rings (SSSR count). The monoisotopic (exact) mass is 310 g/mol. The number of halogens is 1. The highest BCUT2D eigenvalue weighted by Crippen LogP contribution is 2.28. The van der Waals surface area contributed by atoms with Crippen molar-refractivity contribution in [2.45, 2.75) is 18.7 Å². The molecule has 1 saturated heterocycles. The maximum atomic E-state index is 13.9. The fourth-order valence-electron chi connectivity index (χ4n) is 2.33. The largest absolute Gasteiger partial charge is 0.320 e. The fraction of sp³-hybridized carbons (Fsp3) is 0.467. The van der Waals surface area contributed by atoms with Crippen molar-refractivity contribution in [3.05, 3.63) is 29.6 Å². The predicted molar refractivity (Wildman–Crippen MR) is 79.4 cm³/mol. The van der Waals surface area contributed by atoms with Gasteiger partial charge in [0.05, 0.1) is 17.0 Å². The van der Waals surface area contributed by atoms with E-state index in [2.05, 4.69) is 11.8 Å². The molecule has 6 heteroatoms. The number of sulfonamides is 1. The topological polar surface area (TPSA) is 63.4 Å². The molecule has 0 aliphatic carbocycles. The minimum absolute atomic E-state index is 0.0281. The third-order valence-corrected chi connectivity index (χ3v) is 5.69. The lowest BCUT2D eigenvalue weighted by atomic mass is 10.0. The van der Waals surface area contributed by atoms with Crippen LogP contribution >= 0.6 is 0 Å². The highest BCUT2D eigenvalue weighted by molar-refractivity contribution is 7.89. The van der Waals surface area contributed by atoms with Crippen LogP contribution in [0.1, 0.15) is 19.4 Å². The maximum absolute atomic E-state index is 13.9. The molecule has 0 amide bonds. The molecule has 1 heterocycles. The van der Waals surface area contributed by atoms with Crippen molar-refractivity contribution in [2.75, 3.05) is 19.6 Å². The summed E-state index contributed by atoms with van der Waals surface area (Å²) in [6.45, 7) is 5.11. The molecule has 0 saturated carbocycles. The second-order valence-corrected chi connectivity index (χ2v) is 7.36.